The van der Waals surface area contributed by atoms with E-state index in [0.717, 1.165) is 6.92 Å². The number of rotatable bonds is 20. The molecule has 426 valence electrons. The lowest BCUT2D eigenvalue weighted by Gasteiger charge is -2.31. The van der Waals surface area contributed by atoms with Gasteiger partial charge in [0.25, 0.3) is 17.7 Å². The highest BCUT2D eigenvalue weighted by atomic mass is 31.2. The first-order chi connectivity index (χ1) is 39.7. The Morgan fingerprint density at radius 2 is 0.843 bits per heavy atom. The average Bonchev–Trinajstić information content (AvgIpc) is 1.98. The molecule has 0 radical (unpaired) electrons. The molecule has 0 bridgehead atoms. The second-order valence-corrected chi connectivity index (χ2v) is 23.4. The lowest BCUT2D eigenvalue weighted by Crippen LogP contribution is -2.46. The molecule has 5 aromatic heterocycles. The smallest absolute Gasteiger partial charge is 0.394 e. The zero-order valence-corrected chi connectivity index (χ0v) is 46.6. The van der Waals surface area contributed by atoms with Gasteiger partial charge in [-0.25, -0.2) is 28.6 Å². The van der Waals surface area contributed by atoms with Crippen molar-refractivity contribution in [2.75, 3.05) is 6.61 Å². The van der Waals surface area contributed by atoms with Gasteiger partial charge in [0.15, 0.2) is 12.5 Å². The van der Waals surface area contributed by atoms with Crippen LogP contribution in [0.25, 0.3) is 87.5 Å². The molecule has 0 aliphatic carbocycles. The maximum Gasteiger partial charge on any atom is 0.475 e. The first-order valence-electron chi connectivity index (χ1n) is 25.7. The van der Waals surface area contributed by atoms with Gasteiger partial charge in [-0.05, 0) is 57.2 Å². The topological polar surface area (TPSA) is 356 Å². The normalized spacial score (nSPS) is 16.0. The molecule has 0 aliphatic heterocycles. The molecular formula is C56H51N8O16P3. The van der Waals surface area contributed by atoms with Crippen molar-refractivity contribution < 1.29 is 75.4 Å². The molecule has 27 heteroatoms. The van der Waals surface area contributed by atoms with E-state index in [1.165, 1.54) is 13.8 Å². The van der Waals surface area contributed by atoms with E-state index in [2.05, 4.69) is 30.9 Å². The highest BCUT2D eigenvalue weighted by Gasteiger charge is 2.43. The standard InChI is InChI=1S/C56H51N8O16P3/c1-29(57-53(67)46-34-18-6-12-24-40(34)59-48-36-20-8-14-26-42(36)61-50(46)48)56(79-82(72,73)76-30(2)44(28-65)63-52(66)45-32-16-4-10-22-38(32)58-39-23-11-5-17-33(39)45)80-83(74,75)77-31(3)55(78-81(69,70)71)64-54(68)47-35-19-7-13-25-41(35)60-49-37-21-9-15-27-43(37)62-51(47)49/h4-27,29-31,44,55-56,61-62,65H,28H2,1-3H3,(H,57,67)(H,63,66)(H,64,68)(H,72,73)(H,74,75)(H2,69,70,71). The highest BCUT2D eigenvalue weighted by Crippen LogP contribution is 2.53. The lowest BCUT2D eigenvalue weighted by molar-refractivity contribution is -0.0763. The van der Waals surface area contributed by atoms with Gasteiger partial charge < -0.3 is 50.6 Å². The summed E-state index contributed by atoms with van der Waals surface area (Å²) in [6.07, 6.45) is -8.32. The van der Waals surface area contributed by atoms with E-state index in [-0.39, 0.29) is 27.7 Å². The first-order valence-corrected chi connectivity index (χ1v) is 30.2. The number of aliphatic hydroxyl groups excluding tert-OH is 1. The van der Waals surface area contributed by atoms with Gasteiger partial charge in [0.2, 0.25) is 0 Å². The Hall–Kier alpha value is -7.89. The van der Waals surface area contributed by atoms with Crippen LogP contribution in [0, 0.1) is 0 Å². The van der Waals surface area contributed by atoms with Gasteiger partial charge in [-0.3, -0.25) is 37.0 Å². The Kier molecular flexibility index (Phi) is 15.6. The summed E-state index contributed by atoms with van der Waals surface area (Å²) in [4.78, 5) is 107. The predicted octanol–water partition coefficient (Wildman–Crippen LogP) is 8.90. The summed E-state index contributed by atoms with van der Waals surface area (Å²) in [6.45, 7) is 2.57. The number of fused-ring (bicyclic) bond motifs is 10. The minimum absolute atomic E-state index is 0.0395. The van der Waals surface area contributed by atoms with Crippen LogP contribution in [0.3, 0.4) is 0 Å². The molecule has 83 heavy (non-hydrogen) atoms. The summed E-state index contributed by atoms with van der Waals surface area (Å²) in [7, 11) is -17.1. The van der Waals surface area contributed by atoms with Gasteiger partial charge >= 0.3 is 23.5 Å². The Morgan fingerprint density at radius 1 is 0.470 bits per heavy atom. The van der Waals surface area contributed by atoms with E-state index < -0.39 is 84.6 Å². The van der Waals surface area contributed by atoms with Crippen LogP contribution in [0.1, 0.15) is 51.8 Å². The number of carbonyl (C=O) groups is 3. The largest absolute Gasteiger partial charge is 0.475 e. The first kappa shape index (κ1) is 56.9. The second kappa shape index (κ2) is 22.7. The van der Waals surface area contributed by atoms with Crippen molar-refractivity contribution in [2.24, 2.45) is 0 Å². The number of hydrogen-bond donors (Lipinski definition) is 10. The van der Waals surface area contributed by atoms with Crippen LogP contribution < -0.4 is 16.0 Å². The molecule has 0 saturated heterocycles. The van der Waals surface area contributed by atoms with Gasteiger partial charge in [0.05, 0.1) is 85.6 Å². The second-order valence-electron chi connectivity index (χ2n) is 19.5. The zero-order chi connectivity index (χ0) is 58.5. The van der Waals surface area contributed by atoms with Gasteiger partial charge in [-0.2, -0.15) is 0 Å². The number of H-pyrrole nitrogens is 2. The number of aromatic nitrogens is 5. The number of aromatic amines is 2. The summed E-state index contributed by atoms with van der Waals surface area (Å²) in [6, 6.07) is 38.1. The molecule has 0 saturated carbocycles. The van der Waals surface area contributed by atoms with Gasteiger partial charge in [-0.1, -0.05) is 109 Å². The fraction of sp³-hybridized carbons (Fsp3) is 0.179. The number of amides is 3. The van der Waals surface area contributed by atoms with Crippen molar-refractivity contribution in [3.8, 4) is 0 Å². The quantitative estimate of drug-likeness (QED) is 0.0193. The number of hydrogen-bond acceptors (Lipinski definition) is 15. The summed E-state index contributed by atoms with van der Waals surface area (Å²) in [5.74, 6) is -2.57. The van der Waals surface area contributed by atoms with Crippen molar-refractivity contribution in [3.63, 3.8) is 0 Å². The van der Waals surface area contributed by atoms with E-state index >= 15 is 0 Å². The molecule has 11 aromatic rings. The molecule has 3 amide bonds. The van der Waals surface area contributed by atoms with Crippen LogP contribution >= 0.6 is 23.5 Å². The van der Waals surface area contributed by atoms with Crippen molar-refractivity contribution in [3.05, 3.63) is 162 Å². The zero-order valence-electron chi connectivity index (χ0n) is 43.9. The number of nitrogens with one attached hydrogen (secondary N) is 5. The van der Waals surface area contributed by atoms with Crippen molar-refractivity contribution in [1.82, 2.24) is 40.9 Å². The maximum absolute atomic E-state index is 14.7. The predicted molar refractivity (Wildman–Crippen MR) is 308 cm³/mol. The van der Waals surface area contributed by atoms with E-state index in [4.69, 9.17) is 32.6 Å². The molecule has 8 unspecified atom stereocenters. The number of para-hydroxylation sites is 6. The Labute approximate surface area is 469 Å². The van der Waals surface area contributed by atoms with Crippen LogP contribution in [0.4, 0.5) is 0 Å². The SMILES string of the molecule is CC(NC(=O)c1c2ccccc2nc2c1[nH]c1ccccc12)C(OP(=O)(O)OC(C)C(CO)NC(=O)c1c2ccccc2nc2ccccc12)OP(=O)(O)OC(C)C(NC(=O)c1c2ccccc2nc2c1[nH]c1ccccc12)OP(=O)(O)O. The Balaban J connectivity index is 0.891. The molecule has 8 atom stereocenters. The summed E-state index contributed by atoms with van der Waals surface area (Å²) in [5, 5.41) is 21.1. The fourth-order valence-electron chi connectivity index (χ4n) is 10.0. The van der Waals surface area contributed by atoms with E-state index in [0.29, 0.717) is 76.5 Å². The number of pyridine rings is 3. The minimum atomic E-state index is -5.83. The third kappa shape index (κ3) is 11.7. The molecular weight excluding hydrogens is 1130 g/mol. The van der Waals surface area contributed by atoms with Crippen molar-refractivity contribution >= 4 is 129 Å². The number of phosphoric acid groups is 3. The minimum Gasteiger partial charge on any atom is -0.394 e. The fourth-order valence-corrected chi connectivity index (χ4v) is 12.8. The molecule has 10 N–H and O–H groups in total. The Morgan fingerprint density at radius 3 is 1.29 bits per heavy atom. The van der Waals surface area contributed by atoms with Crippen LogP contribution in [0.5, 0.6) is 0 Å². The van der Waals surface area contributed by atoms with Crippen LogP contribution in [0.2, 0.25) is 0 Å². The molecule has 0 fully saturated rings. The highest BCUT2D eigenvalue weighted by molar-refractivity contribution is 7.48. The van der Waals surface area contributed by atoms with E-state index in [1.807, 2.05) is 0 Å². The van der Waals surface area contributed by atoms with E-state index in [1.54, 1.807) is 146 Å². The summed E-state index contributed by atoms with van der Waals surface area (Å²) >= 11 is 0. The molecule has 6 aromatic carbocycles. The van der Waals surface area contributed by atoms with E-state index in [9.17, 15) is 52.8 Å². The molecule has 24 nitrogen and oxygen atoms in total. The summed E-state index contributed by atoms with van der Waals surface area (Å²) in [5.41, 5.74) is 4.51. The lowest BCUT2D eigenvalue weighted by atomic mass is 10.0. The third-order valence-corrected chi connectivity index (χ3v) is 16.5. The maximum atomic E-state index is 14.7. The number of benzene rings is 6. The van der Waals surface area contributed by atoms with Crippen LogP contribution in [-0.4, -0.2) is 111 Å². The molecule has 5 heterocycles. The molecule has 11 rings (SSSR count). The van der Waals surface area contributed by atoms with Crippen LogP contribution in [-0.2, 0) is 36.3 Å². The Bertz CT molecular complexity index is 4480. The number of nitrogens with zero attached hydrogens (tertiary/aromatic N) is 3. The van der Waals surface area contributed by atoms with Crippen molar-refractivity contribution in [2.45, 2.75) is 57.6 Å². The van der Waals surface area contributed by atoms with Gasteiger partial charge in [-0.15, -0.1) is 0 Å². The average molecular weight is 1180 g/mol. The number of phosphoric ester groups is 3. The van der Waals surface area contributed by atoms with Crippen LogP contribution in [0.15, 0.2) is 146 Å². The molecule has 0 aliphatic rings. The molecule has 0 spiro atoms. The number of carbonyl (C=O) groups excluding carboxylic acids is 3. The number of aliphatic hydroxyl groups is 1. The van der Waals surface area contributed by atoms with Gasteiger partial charge in [0.1, 0.15) is 6.10 Å². The van der Waals surface area contributed by atoms with Gasteiger partial charge in [0, 0.05) is 43.4 Å². The third-order valence-electron chi connectivity index (χ3n) is 13.8. The monoisotopic (exact) mass is 1180 g/mol. The summed E-state index contributed by atoms with van der Waals surface area (Å²) < 4.78 is 68.0. The van der Waals surface area contributed by atoms with Crippen molar-refractivity contribution in [1.29, 1.82) is 0 Å².